The van der Waals surface area contributed by atoms with Gasteiger partial charge in [0, 0.05) is 44.9 Å². The van der Waals surface area contributed by atoms with Crippen LogP contribution in [0.3, 0.4) is 0 Å². The molecule has 236 valence electrons. The molecule has 1 aliphatic rings. The van der Waals surface area contributed by atoms with Crippen molar-refractivity contribution >= 4 is 29.4 Å². The van der Waals surface area contributed by atoms with Gasteiger partial charge in [-0.3, -0.25) is 4.79 Å². The molecular weight excluding hydrogens is 586 g/mol. The van der Waals surface area contributed by atoms with E-state index in [1.807, 2.05) is 0 Å². The summed E-state index contributed by atoms with van der Waals surface area (Å²) in [6.07, 6.45) is -1.57. The molecule has 0 aromatic heterocycles. The number of aliphatic carboxylic acids is 1. The monoisotopic (exact) mass is 624 g/mol. The summed E-state index contributed by atoms with van der Waals surface area (Å²) in [4.78, 5) is 39.6. The number of methoxy groups -OCH3 is 1. The molecule has 0 unspecified atom stereocenters. The molecule has 0 saturated heterocycles. The lowest BCUT2D eigenvalue weighted by Crippen LogP contribution is -2.66. The van der Waals surface area contributed by atoms with Crippen molar-refractivity contribution in [1.82, 2.24) is 10.2 Å². The predicted molar refractivity (Wildman–Crippen MR) is 158 cm³/mol. The minimum atomic E-state index is -3.18. The number of ether oxygens (including phenoxy) is 3. The summed E-state index contributed by atoms with van der Waals surface area (Å²) in [6.45, 7) is 6.30. The Bertz CT molecular complexity index is 1300. The van der Waals surface area contributed by atoms with Crippen LogP contribution in [0.2, 0.25) is 5.02 Å². The second kappa shape index (κ2) is 14.4. The molecular formula is C31H39ClF2N2O7. The summed E-state index contributed by atoms with van der Waals surface area (Å²) in [6, 6.07) is 7.95. The molecule has 2 N–H and O–H groups in total. The van der Waals surface area contributed by atoms with E-state index < -0.39 is 48.9 Å². The standard InChI is InChI=1S/C31H39ClF2N2O7/c1-6-42-24-15-23(26(32)27(43-7-2)25(24)20(4)37)19(3)36(14-13-31(33,34)16-21-11-9-8-10-12-21)29(40)35-30(28(38)39)17-22(18-30)41-5/h8-12,15,19,22H,6-7,13-14,16-18H2,1-5H3,(H,35,40)(H,38,39)/t19-,22?,30?/m1/s1. The topological polar surface area (TPSA) is 114 Å². The second-order valence-electron chi connectivity index (χ2n) is 10.6. The van der Waals surface area contributed by atoms with Crippen LogP contribution >= 0.6 is 11.6 Å². The normalized spacial score (nSPS) is 18.7. The highest BCUT2D eigenvalue weighted by molar-refractivity contribution is 6.33. The fourth-order valence-corrected chi connectivity index (χ4v) is 5.57. The van der Waals surface area contributed by atoms with Crippen LogP contribution in [0.15, 0.2) is 36.4 Å². The number of nitrogens with zero attached hydrogens (tertiary/aromatic N) is 1. The summed E-state index contributed by atoms with van der Waals surface area (Å²) in [5.41, 5.74) is -0.766. The zero-order valence-corrected chi connectivity index (χ0v) is 25.8. The molecule has 12 heteroatoms. The Morgan fingerprint density at radius 2 is 1.79 bits per heavy atom. The van der Waals surface area contributed by atoms with Crippen LogP contribution in [0.5, 0.6) is 11.5 Å². The third-order valence-corrected chi connectivity index (χ3v) is 7.99. The number of carboxylic acid groups (broad SMARTS) is 1. The first-order valence-electron chi connectivity index (χ1n) is 14.2. The Kier molecular flexibility index (Phi) is 11.4. The molecule has 2 aromatic carbocycles. The molecule has 0 bridgehead atoms. The largest absolute Gasteiger partial charge is 0.493 e. The number of rotatable bonds is 15. The Morgan fingerprint density at radius 1 is 1.16 bits per heavy atom. The van der Waals surface area contributed by atoms with E-state index in [4.69, 9.17) is 25.8 Å². The highest BCUT2D eigenvalue weighted by Crippen LogP contribution is 2.43. The first-order valence-corrected chi connectivity index (χ1v) is 14.6. The number of hydrogen-bond donors (Lipinski definition) is 2. The second-order valence-corrected chi connectivity index (χ2v) is 11.0. The van der Waals surface area contributed by atoms with E-state index in [1.165, 1.54) is 20.1 Å². The first kappa shape index (κ1) is 34.1. The Labute approximate surface area is 255 Å². The Morgan fingerprint density at radius 3 is 2.33 bits per heavy atom. The van der Waals surface area contributed by atoms with Gasteiger partial charge in [0.1, 0.15) is 16.9 Å². The number of urea groups is 1. The first-order chi connectivity index (χ1) is 20.3. The molecule has 1 saturated carbocycles. The molecule has 43 heavy (non-hydrogen) atoms. The number of halogens is 3. The molecule has 1 aliphatic carbocycles. The van der Waals surface area contributed by atoms with E-state index in [2.05, 4.69) is 5.32 Å². The van der Waals surface area contributed by atoms with E-state index in [9.17, 15) is 19.5 Å². The SMILES string of the molecule is CCOc1cc([C@@H](C)N(CCC(F)(F)Cc2ccccc2)C(=O)NC2(C(=O)O)CC(OC)C2)c(Cl)c(OCC)c1C(C)=O. The number of carbonyl (C=O) groups is 3. The summed E-state index contributed by atoms with van der Waals surface area (Å²) < 4.78 is 47.1. The van der Waals surface area contributed by atoms with Gasteiger partial charge in [-0.25, -0.2) is 18.4 Å². The van der Waals surface area contributed by atoms with Crippen molar-refractivity contribution in [2.24, 2.45) is 0 Å². The van der Waals surface area contributed by atoms with Crippen molar-refractivity contribution in [2.45, 2.75) is 77.0 Å². The number of alkyl halides is 2. The molecule has 2 amide bonds. The number of hydrogen-bond acceptors (Lipinski definition) is 6. The van der Waals surface area contributed by atoms with Crippen molar-refractivity contribution in [3.05, 3.63) is 58.1 Å². The highest BCUT2D eigenvalue weighted by Gasteiger charge is 2.53. The minimum absolute atomic E-state index is 0.0212. The smallest absolute Gasteiger partial charge is 0.329 e. The van der Waals surface area contributed by atoms with Crippen LogP contribution < -0.4 is 14.8 Å². The van der Waals surface area contributed by atoms with Crippen molar-refractivity contribution in [3.8, 4) is 11.5 Å². The van der Waals surface area contributed by atoms with Crippen LogP contribution in [0.25, 0.3) is 0 Å². The predicted octanol–water partition coefficient (Wildman–Crippen LogP) is 6.31. The Balaban J connectivity index is 2.03. The van der Waals surface area contributed by atoms with Gasteiger partial charge in [0.2, 0.25) is 0 Å². The van der Waals surface area contributed by atoms with Gasteiger partial charge in [-0.05, 0) is 39.3 Å². The number of carboxylic acids is 1. The van der Waals surface area contributed by atoms with Crippen LogP contribution in [0, 0.1) is 0 Å². The fraction of sp³-hybridized carbons (Fsp3) is 0.516. The van der Waals surface area contributed by atoms with Crippen LogP contribution in [0.4, 0.5) is 13.6 Å². The van der Waals surface area contributed by atoms with Crippen molar-refractivity contribution in [3.63, 3.8) is 0 Å². The lowest BCUT2D eigenvalue weighted by Gasteiger charge is -2.45. The Hall–Kier alpha value is -3.44. The summed E-state index contributed by atoms with van der Waals surface area (Å²) in [5.74, 6) is -4.56. The lowest BCUT2D eigenvalue weighted by molar-refractivity contribution is -0.155. The molecule has 3 rings (SSSR count). The lowest BCUT2D eigenvalue weighted by atomic mass is 9.74. The maximum atomic E-state index is 15.2. The van der Waals surface area contributed by atoms with E-state index in [0.717, 1.165) is 4.90 Å². The maximum Gasteiger partial charge on any atom is 0.329 e. The summed E-state index contributed by atoms with van der Waals surface area (Å²) in [7, 11) is 1.44. The van der Waals surface area contributed by atoms with E-state index in [1.54, 1.807) is 51.1 Å². The minimum Gasteiger partial charge on any atom is -0.493 e. The molecule has 0 spiro atoms. The third kappa shape index (κ3) is 7.94. The quantitative estimate of drug-likeness (QED) is 0.223. The number of carbonyl (C=O) groups excluding carboxylic acids is 2. The highest BCUT2D eigenvalue weighted by atomic mass is 35.5. The van der Waals surface area contributed by atoms with Crippen molar-refractivity contribution in [1.29, 1.82) is 0 Å². The van der Waals surface area contributed by atoms with Gasteiger partial charge < -0.3 is 29.5 Å². The number of amides is 2. The number of nitrogens with one attached hydrogen (secondary N) is 1. The van der Waals surface area contributed by atoms with Crippen molar-refractivity contribution < 1.29 is 42.5 Å². The molecule has 2 aromatic rings. The van der Waals surface area contributed by atoms with Crippen LogP contribution in [-0.2, 0) is 16.0 Å². The number of benzene rings is 2. The molecule has 9 nitrogen and oxygen atoms in total. The number of ketones is 1. The van der Waals surface area contributed by atoms with E-state index >= 15 is 8.78 Å². The van der Waals surface area contributed by atoms with Crippen LogP contribution in [-0.4, -0.2) is 72.2 Å². The van der Waals surface area contributed by atoms with Gasteiger partial charge in [-0.15, -0.1) is 0 Å². The van der Waals surface area contributed by atoms with Gasteiger partial charge in [-0.2, -0.15) is 0 Å². The fourth-order valence-electron chi connectivity index (χ4n) is 5.21. The average Bonchev–Trinajstić information content (AvgIpc) is 2.92. The van der Waals surface area contributed by atoms with Gasteiger partial charge in [0.15, 0.2) is 11.5 Å². The average molecular weight is 625 g/mol. The molecule has 1 atom stereocenters. The van der Waals surface area contributed by atoms with E-state index in [-0.39, 0.29) is 65.6 Å². The van der Waals surface area contributed by atoms with Gasteiger partial charge in [-0.1, -0.05) is 41.9 Å². The molecule has 0 radical (unpaired) electrons. The molecule has 0 heterocycles. The number of Topliss-reactive ketones (excluding diaryl/α,β-unsaturated/α-hetero) is 1. The zero-order chi connectivity index (χ0) is 31.9. The van der Waals surface area contributed by atoms with Crippen LogP contribution in [0.1, 0.15) is 74.5 Å². The van der Waals surface area contributed by atoms with Crippen molar-refractivity contribution in [2.75, 3.05) is 26.9 Å². The van der Waals surface area contributed by atoms with Gasteiger partial charge in [0.05, 0.1) is 30.4 Å². The maximum absolute atomic E-state index is 15.2. The van der Waals surface area contributed by atoms with Gasteiger partial charge in [0.25, 0.3) is 5.92 Å². The van der Waals surface area contributed by atoms with E-state index in [0.29, 0.717) is 5.56 Å². The summed E-state index contributed by atoms with van der Waals surface area (Å²) >= 11 is 6.76. The van der Waals surface area contributed by atoms with Gasteiger partial charge >= 0.3 is 12.0 Å². The zero-order valence-electron chi connectivity index (χ0n) is 25.0. The molecule has 0 aliphatic heterocycles. The third-order valence-electron chi connectivity index (χ3n) is 7.60. The molecule has 1 fully saturated rings. The summed E-state index contributed by atoms with van der Waals surface area (Å²) in [5, 5.41) is 12.5.